The van der Waals surface area contributed by atoms with Crippen molar-refractivity contribution in [3.63, 3.8) is 0 Å². The van der Waals surface area contributed by atoms with Crippen LogP contribution in [0.3, 0.4) is 0 Å². The molecule has 1 N–H and O–H groups in total. The van der Waals surface area contributed by atoms with Gasteiger partial charge in [0.2, 0.25) is 0 Å². The highest BCUT2D eigenvalue weighted by molar-refractivity contribution is 7.92. The van der Waals surface area contributed by atoms with Crippen molar-refractivity contribution in [1.82, 2.24) is 5.32 Å². The summed E-state index contributed by atoms with van der Waals surface area (Å²) >= 11 is 0. The maximum Gasteiger partial charge on any atom is 0.153 e. The molecule has 1 rings (SSSR count). The fraction of sp³-hybridized carbons (Fsp3) is 0.571. The zero-order chi connectivity index (χ0) is 15.4. The smallest absolute Gasteiger partial charge is 0.153 e. The van der Waals surface area contributed by atoms with Crippen LogP contribution in [0, 0.1) is 0 Å². The van der Waals surface area contributed by atoms with E-state index in [0.717, 1.165) is 5.56 Å². The number of methoxy groups -OCH3 is 2. The van der Waals surface area contributed by atoms with Crippen LogP contribution < -0.4 is 14.8 Å². The van der Waals surface area contributed by atoms with Crippen LogP contribution >= 0.6 is 0 Å². The topological polar surface area (TPSA) is 64.6 Å². The number of hydrogen-bond donors (Lipinski definition) is 1. The Hall–Kier alpha value is -1.27. The molecule has 0 amide bonds. The molecule has 1 aromatic rings. The van der Waals surface area contributed by atoms with Gasteiger partial charge < -0.3 is 14.8 Å². The maximum atomic E-state index is 11.6. The maximum absolute atomic E-state index is 11.6. The van der Waals surface area contributed by atoms with Crippen molar-refractivity contribution in [3.8, 4) is 11.5 Å². The van der Waals surface area contributed by atoms with Crippen molar-refractivity contribution in [2.75, 3.05) is 27.0 Å². The van der Waals surface area contributed by atoms with Gasteiger partial charge in [0.1, 0.15) is 11.5 Å². The molecule has 0 spiro atoms. The van der Waals surface area contributed by atoms with E-state index in [2.05, 4.69) is 5.32 Å². The van der Waals surface area contributed by atoms with Crippen molar-refractivity contribution in [2.45, 2.75) is 25.1 Å². The van der Waals surface area contributed by atoms with Gasteiger partial charge in [0.15, 0.2) is 9.84 Å². The molecule has 6 heteroatoms. The molecule has 0 radical (unpaired) electrons. The van der Waals surface area contributed by atoms with E-state index in [1.807, 2.05) is 12.1 Å². The van der Waals surface area contributed by atoms with Crippen molar-refractivity contribution in [3.05, 3.63) is 23.8 Å². The zero-order valence-corrected chi connectivity index (χ0v) is 13.5. The predicted molar refractivity (Wildman–Crippen MR) is 80.2 cm³/mol. The fourth-order valence-electron chi connectivity index (χ4n) is 1.61. The van der Waals surface area contributed by atoms with Crippen molar-refractivity contribution in [2.24, 2.45) is 0 Å². The molecule has 0 unspecified atom stereocenters. The molecule has 0 bridgehead atoms. The van der Waals surface area contributed by atoms with Gasteiger partial charge in [0.25, 0.3) is 0 Å². The lowest BCUT2D eigenvalue weighted by molar-refractivity contribution is 0.393. The van der Waals surface area contributed by atoms with E-state index < -0.39 is 14.6 Å². The van der Waals surface area contributed by atoms with Gasteiger partial charge in [-0.1, -0.05) is 0 Å². The van der Waals surface area contributed by atoms with Crippen LogP contribution in [0.15, 0.2) is 18.2 Å². The standard InChI is InChI=1S/C14H23NO4S/c1-14(2,20(5,16)17)10-15-9-11-6-12(18-3)8-13(7-11)19-4/h6-8,15H,9-10H2,1-5H3. The molecule has 0 saturated carbocycles. The summed E-state index contributed by atoms with van der Waals surface area (Å²) in [5.74, 6) is 1.42. The second kappa shape index (κ2) is 6.45. The summed E-state index contributed by atoms with van der Waals surface area (Å²) in [6.07, 6.45) is 1.25. The molecule has 0 atom stereocenters. The molecule has 0 aliphatic carbocycles. The fourth-order valence-corrected chi connectivity index (χ4v) is 1.97. The quantitative estimate of drug-likeness (QED) is 0.829. The van der Waals surface area contributed by atoms with Crippen LogP contribution in [0.25, 0.3) is 0 Å². The zero-order valence-electron chi connectivity index (χ0n) is 12.7. The lowest BCUT2D eigenvalue weighted by Gasteiger charge is -2.23. The van der Waals surface area contributed by atoms with Crippen LogP contribution in [0.4, 0.5) is 0 Å². The largest absolute Gasteiger partial charge is 0.497 e. The predicted octanol–water partition coefficient (Wildman–Crippen LogP) is 1.62. The van der Waals surface area contributed by atoms with Crippen molar-refractivity contribution >= 4 is 9.84 Å². The molecular weight excluding hydrogens is 278 g/mol. The Morgan fingerprint density at radius 3 is 2.00 bits per heavy atom. The third kappa shape index (κ3) is 4.38. The van der Waals surface area contributed by atoms with Gasteiger partial charge in [-0.25, -0.2) is 8.42 Å². The van der Waals surface area contributed by atoms with Gasteiger partial charge >= 0.3 is 0 Å². The molecule has 20 heavy (non-hydrogen) atoms. The van der Waals surface area contributed by atoms with Gasteiger partial charge in [0.05, 0.1) is 19.0 Å². The van der Waals surface area contributed by atoms with E-state index in [1.54, 1.807) is 34.1 Å². The Balaban J connectivity index is 2.71. The van der Waals surface area contributed by atoms with E-state index in [0.29, 0.717) is 24.6 Å². The highest BCUT2D eigenvalue weighted by Gasteiger charge is 2.29. The Labute approximate surface area is 121 Å². The molecule has 0 aromatic heterocycles. The normalized spacial score (nSPS) is 12.2. The minimum atomic E-state index is -3.09. The van der Waals surface area contributed by atoms with Crippen LogP contribution in [-0.4, -0.2) is 40.2 Å². The van der Waals surface area contributed by atoms with Crippen molar-refractivity contribution in [1.29, 1.82) is 0 Å². The summed E-state index contributed by atoms with van der Waals surface area (Å²) in [6, 6.07) is 5.58. The van der Waals surface area contributed by atoms with Crippen molar-refractivity contribution < 1.29 is 17.9 Å². The molecule has 0 fully saturated rings. The first kappa shape index (κ1) is 16.8. The monoisotopic (exact) mass is 301 g/mol. The van der Waals surface area contributed by atoms with E-state index in [-0.39, 0.29) is 0 Å². The average Bonchev–Trinajstić information content (AvgIpc) is 2.36. The molecular formula is C14H23NO4S. The lowest BCUT2D eigenvalue weighted by atomic mass is 10.1. The van der Waals surface area contributed by atoms with Crippen LogP contribution in [-0.2, 0) is 16.4 Å². The Bertz CT molecular complexity index is 530. The minimum Gasteiger partial charge on any atom is -0.497 e. The lowest BCUT2D eigenvalue weighted by Crippen LogP contribution is -2.41. The number of nitrogens with one attached hydrogen (secondary N) is 1. The summed E-state index contributed by atoms with van der Waals surface area (Å²) in [5, 5.41) is 3.16. The van der Waals surface area contributed by atoms with Crippen LogP contribution in [0.2, 0.25) is 0 Å². The summed E-state index contributed by atoms with van der Waals surface area (Å²) < 4.78 is 32.8. The number of rotatable bonds is 7. The highest BCUT2D eigenvalue weighted by atomic mass is 32.2. The summed E-state index contributed by atoms with van der Waals surface area (Å²) in [4.78, 5) is 0. The van der Waals surface area contributed by atoms with E-state index in [4.69, 9.17) is 9.47 Å². The number of ether oxygens (including phenoxy) is 2. The average molecular weight is 301 g/mol. The van der Waals surface area contributed by atoms with Gasteiger partial charge in [-0.3, -0.25) is 0 Å². The second-order valence-electron chi connectivity index (χ2n) is 5.36. The van der Waals surface area contributed by atoms with Gasteiger partial charge in [-0.2, -0.15) is 0 Å². The second-order valence-corrected chi connectivity index (χ2v) is 8.01. The SMILES string of the molecule is COc1cc(CNCC(C)(C)S(C)(=O)=O)cc(OC)c1. The van der Waals surface area contributed by atoms with Crippen LogP contribution in [0.5, 0.6) is 11.5 Å². The highest BCUT2D eigenvalue weighted by Crippen LogP contribution is 2.22. The van der Waals surface area contributed by atoms with E-state index in [9.17, 15) is 8.42 Å². The summed E-state index contributed by atoms with van der Waals surface area (Å²) in [5.41, 5.74) is 0.977. The Morgan fingerprint density at radius 1 is 1.10 bits per heavy atom. The van der Waals surface area contributed by atoms with E-state index in [1.165, 1.54) is 6.26 Å². The third-order valence-corrected chi connectivity index (χ3v) is 5.45. The first-order chi connectivity index (χ1) is 9.19. The molecule has 0 saturated heterocycles. The number of benzene rings is 1. The molecule has 0 aliphatic heterocycles. The first-order valence-corrected chi connectivity index (χ1v) is 8.21. The van der Waals surface area contributed by atoms with Gasteiger partial charge in [-0.05, 0) is 31.5 Å². The number of hydrogen-bond acceptors (Lipinski definition) is 5. The summed E-state index contributed by atoms with van der Waals surface area (Å²) in [7, 11) is 0.0976. The molecule has 0 heterocycles. The van der Waals surface area contributed by atoms with Gasteiger partial charge in [0, 0.05) is 25.4 Å². The molecule has 114 valence electrons. The Kier molecular flexibility index (Phi) is 5.42. The molecule has 1 aromatic carbocycles. The molecule has 5 nitrogen and oxygen atoms in total. The summed E-state index contributed by atoms with van der Waals surface area (Å²) in [6.45, 7) is 4.35. The Morgan fingerprint density at radius 2 is 1.60 bits per heavy atom. The minimum absolute atomic E-state index is 0.380. The molecule has 0 aliphatic rings. The third-order valence-electron chi connectivity index (χ3n) is 3.29. The van der Waals surface area contributed by atoms with Crippen LogP contribution in [0.1, 0.15) is 19.4 Å². The van der Waals surface area contributed by atoms with Gasteiger partial charge in [-0.15, -0.1) is 0 Å². The van der Waals surface area contributed by atoms with E-state index >= 15 is 0 Å². The first-order valence-electron chi connectivity index (χ1n) is 6.32. The number of sulfone groups is 1.